The molecule has 27 heavy (non-hydrogen) atoms. The summed E-state index contributed by atoms with van der Waals surface area (Å²) in [6, 6.07) is 15.9. The molecule has 6 nitrogen and oxygen atoms in total. The van der Waals surface area contributed by atoms with Gasteiger partial charge in [-0.2, -0.15) is 0 Å². The molecule has 7 heteroatoms. The van der Waals surface area contributed by atoms with Gasteiger partial charge in [0.15, 0.2) is 0 Å². The zero-order valence-electron chi connectivity index (χ0n) is 14.0. The molecule has 0 spiro atoms. The van der Waals surface area contributed by atoms with Crippen molar-refractivity contribution in [1.82, 2.24) is 0 Å². The maximum absolute atomic E-state index is 13.3. The predicted octanol–water partition coefficient (Wildman–Crippen LogP) is 2.16. The summed E-state index contributed by atoms with van der Waals surface area (Å²) in [6.07, 6.45) is 0. The van der Waals surface area contributed by atoms with Gasteiger partial charge in [-0.3, -0.25) is 9.59 Å². The Morgan fingerprint density at radius 2 is 1.63 bits per heavy atom. The van der Waals surface area contributed by atoms with Gasteiger partial charge >= 0.3 is 5.97 Å². The lowest BCUT2D eigenvalue weighted by Crippen LogP contribution is -2.39. The van der Waals surface area contributed by atoms with Gasteiger partial charge in [0.05, 0.1) is 22.2 Å². The molecule has 0 unspecified atom stereocenters. The maximum atomic E-state index is 13.3. The number of nitrogens with two attached hydrogens (primary N) is 1. The molecule has 1 saturated heterocycles. The van der Waals surface area contributed by atoms with Crippen LogP contribution in [0.3, 0.4) is 0 Å². The number of imide groups is 1. The molecule has 0 aliphatic carbocycles. The molecule has 2 aromatic rings. The Hall–Kier alpha value is -3.06. The van der Waals surface area contributed by atoms with Gasteiger partial charge < -0.3 is 10.5 Å². The maximum Gasteiger partial charge on any atom is 0.342 e. The molecule has 3 aliphatic heterocycles. The van der Waals surface area contributed by atoms with E-state index in [1.165, 1.54) is 4.90 Å². The van der Waals surface area contributed by atoms with Crippen molar-refractivity contribution in [1.29, 1.82) is 0 Å². The number of ether oxygens (including phenoxy) is 1. The van der Waals surface area contributed by atoms with E-state index in [9.17, 15) is 14.4 Å². The monoisotopic (exact) mass is 378 g/mol. The number of thioether (sulfide) groups is 1. The van der Waals surface area contributed by atoms with E-state index in [4.69, 9.17) is 10.5 Å². The Kier molecular flexibility index (Phi) is 3.42. The molecule has 3 atom stereocenters. The van der Waals surface area contributed by atoms with Crippen molar-refractivity contribution in [2.75, 3.05) is 4.90 Å². The van der Waals surface area contributed by atoms with Gasteiger partial charge in [-0.15, -0.1) is 0 Å². The minimum absolute atomic E-state index is 0.247. The van der Waals surface area contributed by atoms with Crippen LogP contribution in [0.2, 0.25) is 0 Å². The van der Waals surface area contributed by atoms with Gasteiger partial charge in [0, 0.05) is 11.5 Å². The predicted molar refractivity (Wildman–Crippen MR) is 99.8 cm³/mol. The number of carbonyl (C=O) groups excluding carboxylic acids is 3. The van der Waals surface area contributed by atoms with Crippen LogP contribution < -0.4 is 15.4 Å². The van der Waals surface area contributed by atoms with Gasteiger partial charge in [0.2, 0.25) is 11.8 Å². The first-order valence-electron chi connectivity index (χ1n) is 8.48. The van der Waals surface area contributed by atoms with E-state index in [-0.39, 0.29) is 22.4 Å². The number of para-hydroxylation sites is 2. The Bertz CT molecular complexity index is 1030. The number of carbonyl (C=O) groups is 3. The minimum atomic E-state index is -0.695. The molecule has 0 saturated carbocycles. The quantitative estimate of drug-likeness (QED) is 0.465. The minimum Gasteiger partial charge on any atom is -0.423 e. The molecule has 2 N–H and O–H groups in total. The molecule has 0 radical (unpaired) electrons. The third kappa shape index (κ3) is 2.18. The average Bonchev–Trinajstić information content (AvgIpc) is 2.92. The van der Waals surface area contributed by atoms with Crippen LogP contribution in [0.5, 0.6) is 5.75 Å². The smallest absolute Gasteiger partial charge is 0.342 e. The van der Waals surface area contributed by atoms with Crippen molar-refractivity contribution in [3.8, 4) is 5.75 Å². The fraction of sp³-hybridized carbons (Fsp3) is 0.150. The Morgan fingerprint density at radius 1 is 0.926 bits per heavy atom. The number of fused-ring (bicyclic) bond motifs is 5. The van der Waals surface area contributed by atoms with Gasteiger partial charge in [0.25, 0.3) is 0 Å². The van der Waals surface area contributed by atoms with Gasteiger partial charge in [-0.05, 0) is 18.2 Å². The van der Waals surface area contributed by atoms with Gasteiger partial charge in [-0.1, -0.05) is 48.2 Å². The zero-order chi connectivity index (χ0) is 18.7. The van der Waals surface area contributed by atoms with Crippen molar-refractivity contribution in [2.24, 2.45) is 11.7 Å². The molecule has 2 amide bonds. The SMILES string of the molecule is NC1=C2C(=O)Oc3ccccc3[C@@H]2[C@@H]2C(=O)N(c3ccccc3)C(=O)[C@H]2S1. The van der Waals surface area contributed by atoms with E-state index in [0.29, 0.717) is 17.0 Å². The number of hydrogen-bond acceptors (Lipinski definition) is 6. The van der Waals surface area contributed by atoms with Crippen LogP contribution in [0.4, 0.5) is 5.69 Å². The highest BCUT2D eigenvalue weighted by Gasteiger charge is 2.58. The Balaban J connectivity index is 1.68. The van der Waals surface area contributed by atoms with Crippen LogP contribution >= 0.6 is 11.8 Å². The highest BCUT2D eigenvalue weighted by molar-refractivity contribution is 8.04. The first kappa shape index (κ1) is 16.1. The lowest BCUT2D eigenvalue weighted by atomic mass is 9.77. The first-order chi connectivity index (χ1) is 13.1. The van der Waals surface area contributed by atoms with Crippen LogP contribution in [0, 0.1) is 5.92 Å². The van der Waals surface area contributed by atoms with Crippen molar-refractivity contribution in [3.63, 3.8) is 0 Å². The molecule has 5 rings (SSSR count). The standard InChI is InChI=1S/C20H14N2O4S/c21-17-15-13(11-8-4-5-9-12(11)26-20(15)25)14-16(27-17)19(24)22(18(14)23)10-6-2-1-3-7-10/h1-9,13-14,16H,21H2/t13-,14+,16+/m1/s1. The second-order valence-corrected chi connectivity index (χ2v) is 7.78. The lowest BCUT2D eigenvalue weighted by molar-refractivity contribution is -0.131. The van der Waals surface area contributed by atoms with E-state index < -0.39 is 23.1 Å². The highest BCUT2D eigenvalue weighted by atomic mass is 32.2. The topological polar surface area (TPSA) is 89.7 Å². The fourth-order valence-electron chi connectivity index (χ4n) is 4.04. The normalized spacial score (nSPS) is 26.4. The summed E-state index contributed by atoms with van der Waals surface area (Å²) < 4.78 is 5.39. The van der Waals surface area contributed by atoms with Crippen LogP contribution in [0.1, 0.15) is 11.5 Å². The largest absolute Gasteiger partial charge is 0.423 e. The molecule has 134 valence electrons. The van der Waals surface area contributed by atoms with Crippen LogP contribution in [-0.4, -0.2) is 23.0 Å². The molecule has 0 aromatic heterocycles. The second kappa shape index (κ2) is 5.72. The number of nitrogens with zero attached hydrogens (tertiary/aromatic N) is 1. The van der Waals surface area contributed by atoms with Crippen molar-refractivity contribution in [3.05, 3.63) is 70.8 Å². The first-order valence-corrected chi connectivity index (χ1v) is 9.36. The molecular formula is C20H14N2O4S. The van der Waals surface area contributed by atoms with E-state index in [2.05, 4.69) is 0 Å². The number of benzene rings is 2. The van der Waals surface area contributed by atoms with Crippen molar-refractivity contribution < 1.29 is 19.1 Å². The summed E-state index contributed by atoms with van der Waals surface area (Å²) in [7, 11) is 0. The highest BCUT2D eigenvalue weighted by Crippen LogP contribution is 2.54. The van der Waals surface area contributed by atoms with Crippen molar-refractivity contribution >= 4 is 35.2 Å². The average molecular weight is 378 g/mol. The molecule has 0 bridgehead atoms. The summed E-state index contributed by atoms with van der Waals surface area (Å²) in [6.45, 7) is 0. The van der Waals surface area contributed by atoms with E-state index in [1.54, 1.807) is 36.4 Å². The Labute approximate surface area is 159 Å². The molecule has 2 aromatic carbocycles. The van der Waals surface area contributed by atoms with Gasteiger partial charge in [0.1, 0.15) is 11.0 Å². The number of rotatable bonds is 1. The summed E-state index contributed by atoms with van der Waals surface area (Å²) in [5.74, 6) is -2.05. The van der Waals surface area contributed by atoms with Crippen LogP contribution in [-0.2, 0) is 14.4 Å². The summed E-state index contributed by atoms with van der Waals surface area (Å²) in [5, 5.41) is -0.415. The molecule has 3 aliphatic rings. The summed E-state index contributed by atoms with van der Waals surface area (Å²) in [5.41, 5.74) is 7.65. The third-order valence-corrected chi connectivity index (χ3v) is 6.40. The van der Waals surface area contributed by atoms with Crippen LogP contribution in [0.25, 0.3) is 0 Å². The van der Waals surface area contributed by atoms with E-state index >= 15 is 0 Å². The number of hydrogen-bond donors (Lipinski definition) is 1. The fourth-order valence-corrected chi connectivity index (χ4v) is 5.27. The Morgan fingerprint density at radius 3 is 2.41 bits per heavy atom. The van der Waals surface area contributed by atoms with Crippen LogP contribution in [0.15, 0.2) is 65.2 Å². The molecule has 1 fully saturated rings. The van der Waals surface area contributed by atoms with Crippen molar-refractivity contribution in [2.45, 2.75) is 11.2 Å². The second-order valence-electron chi connectivity index (χ2n) is 6.59. The zero-order valence-corrected chi connectivity index (χ0v) is 14.8. The number of anilines is 1. The number of esters is 1. The third-order valence-electron chi connectivity index (χ3n) is 5.18. The van der Waals surface area contributed by atoms with E-state index in [0.717, 1.165) is 11.8 Å². The molecule has 3 heterocycles. The lowest BCUT2D eigenvalue weighted by Gasteiger charge is -2.36. The summed E-state index contributed by atoms with van der Waals surface area (Å²) in [4.78, 5) is 40.1. The summed E-state index contributed by atoms with van der Waals surface area (Å²) >= 11 is 1.08. The van der Waals surface area contributed by atoms with E-state index in [1.807, 2.05) is 18.2 Å². The van der Waals surface area contributed by atoms with Gasteiger partial charge in [-0.25, -0.2) is 9.69 Å². The molecular weight excluding hydrogens is 364 g/mol. The number of amides is 2.